The van der Waals surface area contributed by atoms with Gasteiger partial charge in [-0.05, 0) is 6.92 Å². The Morgan fingerprint density at radius 3 is 2.95 bits per heavy atom. The molecule has 118 valence electrons. The van der Waals surface area contributed by atoms with Crippen molar-refractivity contribution in [2.45, 2.75) is 31.8 Å². The van der Waals surface area contributed by atoms with Gasteiger partial charge >= 0.3 is 0 Å². The molecule has 0 bridgehead atoms. The zero-order chi connectivity index (χ0) is 16.1. The fourth-order valence-electron chi connectivity index (χ4n) is 2.90. The second-order valence-corrected chi connectivity index (χ2v) is 5.60. The number of imidazole rings is 1. The second kappa shape index (κ2) is 5.01. The van der Waals surface area contributed by atoms with Gasteiger partial charge in [-0.3, -0.25) is 9.36 Å². The molecule has 1 aliphatic heterocycles. The Morgan fingerprint density at radius 1 is 1.64 bits per heavy atom. The van der Waals surface area contributed by atoms with Crippen molar-refractivity contribution in [3.63, 3.8) is 0 Å². The summed E-state index contributed by atoms with van der Waals surface area (Å²) in [6.07, 6.45) is 1.31. The predicted octanol–water partition coefficient (Wildman–Crippen LogP) is -0.129. The van der Waals surface area contributed by atoms with Crippen LogP contribution in [0.15, 0.2) is 23.8 Å². The highest BCUT2D eigenvalue weighted by atomic mass is 16.6. The number of hydrogen-bond acceptors (Lipinski definition) is 6. The molecule has 1 fully saturated rings. The summed E-state index contributed by atoms with van der Waals surface area (Å²) >= 11 is 0. The average Bonchev–Trinajstić information content (AvgIpc) is 3.01. The smallest absolute Gasteiger partial charge is 0.279 e. The Morgan fingerprint density at radius 2 is 2.36 bits per heavy atom. The molecule has 0 unspecified atom stereocenters. The standard InChI is InChI=1S/C14H18N4O4/c1-4-14(5-19)10(20)7(2)13(22-14)18-6-15-9-11(18)16-8(3)17-12(9)21/h4,6-7,10,13,19-20H,1,5H2,2-3H3,(H,16,17,21)/t7-,10-,13+,14+/m0/s1. The van der Waals surface area contributed by atoms with Gasteiger partial charge in [0.2, 0.25) is 0 Å². The van der Waals surface area contributed by atoms with Crippen LogP contribution in [0.5, 0.6) is 0 Å². The molecule has 0 aromatic carbocycles. The number of ether oxygens (including phenoxy) is 1. The highest BCUT2D eigenvalue weighted by Gasteiger charge is 2.51. The second-order valence-electron chi connectivity index (χ2n) is 5.60. The zero-order valence-electron chi connectivity index (χ0n) is 12.4. The molecule has 2 aromatic rings. The third-order valence-electron chi connectivity index (χ3n) is 4.21. The number of fused-ring (bicyclic) bond motifs is 1. The molecule has 4 atom stereocenters. The third kappa shape index (κ3) is 1.92. The van der Waals surface area contributed by atoms with Gasteiger partial charge in [0.25, 0.3) is 5.56 Å². The highest BCUT2D eigenvalue weighted by molar-refractivity contribution is 5.69. The molecule has 3 rings (SSSR count). The van der Waals surface area contributed by atoms with Gasteiger partial charge in [-0.25, -0.2) is 9.97 Å². The fraction of sp³-hybridized carbons (Fsp3) is 0.500. The van der Waals surface area contributed by atoms with E-state index in [1.807, 2.05) is 0 Å². The molecule has 8 heteroatoms. The number of rotatable bonds is 3. The first-order chi connectivity index (χ1) is 10.4. The maximum absolute atomic E-state index is 11.9. The number of aliphatic hydroxyl groups excluding tert-OH is 2. The van der Waals surface area contributed by atoms with Crippen LogP contribution in [0.4, 0.5) is 0 Å². The normalized spacial score (nSPS) is 31.7. The van der Waals surface area contributed by atoms with Gasteiger partial charge in [-0.15, -0.1) is 6.58 Å². The molecule has 1 aliphatic rings. The van der Waals surface area contributed by atoms with Gasteiger partial charge in [-0.2, -0.15) is 0 Å². The van der Waals surface area contributed by atoms with Crippen molar-refractivity contribution in [1.29, 1.82) is 0 Å². The van der Waals surface area contributed by atoms with E-state index in [1.165, 1.54) is 12.4 Å². The fourth-order valence-corrected chi connectivity index (χ4v) is 2.90. The van der Waals surface area contributed by atoms with Crippen molar-refractivity contribution in [2.75, 3.05) is 6.61 Å². The van der Waals surface area contributed by atoms with Crippen molar-refractivity contribution >= 4 is 11.2 Å². The molecular weight excluding hydrogens is 288 g/mol. The Balaban J connectivity index is 2.13. The lowest BCUT2D eigenvalue weighted by Crippen LogP contribution is -2.42. The average molecular weight is 306 g/mol. The Hall–Kier alpha value is -2.03. The first-order valence-corrected chi connectivity index (χ1v) is 6.97. The van der Waals surface area contributed by atoms with Gasteiger partial charge in [0.05, 0.1) is 19.0 Å². The SMILES string of the molecule is C=C[C@]1(CO)O[C@@H](n2cnc3c(=O)[nH]c(C)nc32)[C@@H](C)[C@@H]1O. The minimum absolute atomic E-state index is 0.205. The lowest BCUT2D eigenvalue weighted by Gasteiger charge is -2.26. The molecule has 3 heterocycles. The van der Waals surface area contributed by atoms with Crippen molar-refractivity contribution in [2.24, 2.45) is 5.92 Å². The first-order valence-electron chi connectivity index (χ1n) is 6.97. The van der Waals surface area contributed by atoms with E-state index in [0.29, 0.717) is 11.5 Å². The number of aromatic nitrogens is 4. The summed E-state index contributed by atoms with van der Waals surface area (Å²) in [7, 11) is 0. The van der Waals surface area contributed by atoms with Crippen molar-refractivity contribution < 1.29 is 14.9 Å². The Labute approximate surface area is 126 Å². The number of aryl methyl sites for hydroxylation is 1. The van der Waals surface area contributed by atoms with E-state index in [9.17, 15) is 15.0 Å². The molecule has 0 aliphatic carbocycles. The van der Waals surface area contributed by atoms with Gasteiger partial charge in [0.1, 0.15) is 17.7 Å². The van der Waals surface area contributed by atoms with E-state index in [-0.39, 0.29) is 17.0 Å². The molecule has 0 radical (unpaired) electrons. The molecule has 22 heavy (non-hydrogen) atoms. The van der Waals surface area contributed by atoms with Gasteiger partial charge in [-0.1, -0.05) is 13.0 Å². The van der Waals surface area contributed by atoms with Crippen LogP contribution in [0.3, 0.4) is 0 Å². The molecule has 0 spiro atoms. The molecule has 0 amide bonds. The summed E-state index contributed by atoms with van der Waals surface area (Å²) in [5.41, 5.74) is -0.986. The van der Waals surface area contributed by atoms with Crippen LogP contribution in [0.25, 0.3) is 11.2 Å². The van der Waals surface area contributed by atoms with Gasteiger partial charge in [0, 0.05) is 5.92 Å². The summed E-state index contributed by atoms with van der Waals surface area (Å²) in [6, 6.07) is 0. The third-order valence-corrected chi connectivity index (χ3v) is 4.21. The van der Waals surface area contributed by atoms with Crippen molar-refractivity contribution in [3.05, 3.63) is 35.2 Å². The maximum Gasteiger partial charge on any atom is 0.279 e. The summed E-state index contributed by atoms with van der Waals surface area (Å²) in [4.78, 5) is 22.8. The molecule has 2 aromatic heterocycles. The van der Waals surface area contributed by atoms with Crippen LogP contribution < -0.4 is 5.56 Å². The lowest BCUT2D eigenvalue weighted by molar-refractivity contribution is -0.0957. The summed E-state index contributed by atoms with van der Waals surface area (Å²) in [6.45, 7) is 6.71. The minimum atomic E-state index is -1.24. The van der Waals surface area contributed by atoms with Crippen molar-refractivity contribution in [1.82, 2.24) is 19.5 Å². The van der Waals surface area contributed by atoms with E-state index in [0.717, 1.165) is 0 Å². The number of H-pyrrole nitrogens is 1. The van der Waals surface area contributed by atoms with Gasteiger partial charge in [0.15, 0.2) is 11.2 Å². The van der Waals surface area contributed by atoms with Crippen LogP contribution in [0, 0.1) is 12.8 Å². The number of nitrogens with one attached hydrogen (secondary N) is 1. The number of aliphatic hydroxyl groups is 2. The maximum atomic E-state index is 11.9. The summed E-state index contributed by atoms with van der Waals surface area (Å²) in [5.74, 6) is 0.117. The highest BCUT2D eigenvalue weighted by Crippen LogP contribution is 2.42. The first kappa shape index (κ1) is 14.9. The predicted molar refractivity (Wildman–Crippen MR) is 78.2 cm³/mol. The van der Waals surface area contributed by atoms with E-state index < -0.39 is 24.5 Å². The molecule has 0 saturated carbocycles. The summed E-state index contributed by atoms with van der Waals surface area (Å²) < 4.78 is 7.46. The molecule has 1 saturated heterocycles. The molecular formula is C14H18N4O4. The zero-order valence-corrected chi connectivity index (χ0v) is 12.4. The van der Waals surface area contributed by atoms with Crippen LogP contribution in [0.2, 0.25) is 0 Å². The van der Waals surface area contributed by atoms with Crippen molar-refractivity contribution in [3.8, 4) is 0 Å². The number of nitrogens with zero attached hydrogens (tertiary/aromatic N) is 3. The quantitative estimate of drug-likeness (QED) is 0.681. The number of hydrogen-bond donors (Lipinski definition) is 3. The van der Waals surface area contributed by atoms with E-state index >= 15 is 0 Å². The minimum Gasteiger partial charge on any atom is -0.393 e. The molecule has 8 nitrogen and oxygen atoms in total. The van der Waals surface area contributed by atoms with E-state index in [1.54, 1.807) is 18.4 Å². The molecule has 3 N–H and O–H groups in total. The van der Waals surface area contributed by atoms with Crippen LogP contribution in [-0.2, 0) is 4.74 Å². The Bertz CT molecular complexity index is 783. The van der Waals surface area contributed by atoms with E-state index in [2.05, 4.69) is 21.5 Å². The van der Waals surface area contributed by atoms with E-state index in [4.69, 9.17) is 4.74 Å². The van der Waals surface area contributed by atoms with Crippen LogP contribution >= 0.6 is 0 Å². The Kier molecular flexibility index (Phi) is 3.39. The largest absolute Gasteiger partial charge is 0.393 e. The van der Waals surface area contributed by atoms with Gasteiger partial charge < -0.3 is 19.9 Å². The van der Waals surface area contributed by atoms with Crippen LogP contribution in [-0.4, -0.2) is 48.0 Å². The lowest BCUT2D eigenvalue weighted by atomic mass is 9.91. The van der Waals surface area contributed by atoms with Crippen LogP contribution in [0.1, 0.15) is 19.0 Å². The topological polar surface area (TPSA) is 113 Å². The monoisotopic (exact) mass is 306 g/mol. The summed E-state index contributed by atoms with van der Waals surface area (Å²) in [5, 5.41) is 19.9. The number of aromatic amines is 1.